The second-order valence-corrected chi connectivity index (χ2v) is 11.7. The van der Waals surface area contributed by atoms with Crippen molar-refractivity contribution in [1.82, 2.24) is 0 Å². The van der Waals surface area contributed by atoms with E-state index in [1.807, 2.05) is 13.8 Å². The van der Waals surface area contributed by atoms with E-state index in [0.29, 0.717) is 48.2 Å². The average Bonchev–Trinajstić information content (AvgIpc) is 3.24. The van der Waals surface area contributed by atoms with E-state index >= 15 is 0 Å². The minimum absolute atomic E-state index is 0.316. The van der Waals surface area contributed by atoms with Crippen LogP contribution < -0.4 is 0 Å². The Bertz CT molecular complexity index is 815. The van der Waals surface area contributed by atoms with Gasteiger partial charge >= 0.3 is 0 Å². The molecule has 1 heterocycles. The lowest BCUT2D eigenvalue weighted by Gasteiger charge is -2.44. The number of hydrogen-bond donors (Lipinski definition) is 3. The highest BCUT2D eigenvalue weighted by atomic mass is 16.6. The van der Waals surface area contributed by atoms with Gasteiger partial charge in [-0.15, -0.1) is 0 Å². The number of rotatable bonds is 5. The van der Waals surface area contributed by atoms with Crippen molar-refractivity contribution in [1.29, 1.82) is 0 Å². The summed E-state index contributed by atoms with van der Waals surface area (Å²) in [4.78, 5) is 0. The van der Waals surface area contributed by atoms with Crippen LogP contribution in [0.1, 0.15) is 79.1 Å². The zero-order valence-corrected chi connectivity index (χ0v) is 20.3. The number of fused-ring (bicyclic) bond motifs is 1. The fourth-order valence-electron chi connectivity index (χ4n) is 7.00. The lowest BCUT2D eigenvalue weighted by Crippen LogP contribution is -2.45. The van der Waals surface area contributed by atoms with Crippen LogP contribution in [0.3, 0.4) is 0 Å². The first-order chi connectivity index (χ1) is 15.0. The Morgan fingerprint density at radius 1 is 1.19 bits per heavy atom. The van der Waals surface area contributed by atoms with Crippen molar-refractivity contribution in [3.05, 3.63) is 47.8 Å². The van der Waals surface area contributed by atoms with Gasteiger partial charge < -0.3 is 20.1 Å². The molecule has 4 rings (SSSR count). The Balaban J connectivity index is 1.45. The number of hydrogen-bond acceptors (Lipinski definition) is 4. The Kier molecular flexibility index (Phi) is 6.28. The topological polar surface area (TPSA) is 73.2 Å². The first kappa shape index (κ1) is 23.8. The van der Waals surface area contributed by atoms with Crippen molar-refractivity contribution in [3.8, 4) is 0 Å². The Labute approximate surface area is 193 Å². The van der Waals surface area contributed by atoms with Crippen LogP contribution in [-0.2, 0) is 4.74 Å². The molecule has 0 bridgehead atoms. The van der Waals surface area contributed by atoms with Gasteiger partial charge in [0.05, 0.1) is 5.60 Å². The van der Waals surface area contributed by atoms with E-state index in [0.717, 1.165) is 12.0 Å². The molecule has 0 aromatic rings. The average molecular weight is 443 g/mol. The minimum Gasteiger partial charge on any atom is -0.474 e. The standard InChI is InChI=1S/C28H42O4/c1-18(8-6-14-26(3,4)31)22-12-13-23-21(9-7-15-27(22,23)5)11-10-20-16-24(29)28(19(2)32-28)25(30)17-20/h6,8,10-11,18,22-25,29-31H,2,7,9,12-17H2,1,3-5H3/b8-6+,20-10?,21-11+/t18-,22?,23?,24-,25-,27?,28?/m1/s1. The van der Waals surface area contributed by atoms with E-state index < -0.39 is 23.4 Å². The summed E-state index contributed by atoms with van der Waals surface area (Å²) >= 11 is 0. The third-order valence-corrected chi connectivity index (χ3v) is 8.85. The maximum Gasteiger partial charge on any atom is 0.216 e. The van der Waals surface area contributed by atoms with Crippen molar-refractivity contribution >= 4 is 0 Å². The van der Waals surface area contributed by atoms with Crippen LogP contribution in [0, 0.1) is 23.2 Å². The van der Waals surface area contributed by atoms with Gasteiger partial charge in [-0.3, -0.25) is 0 Å². The molecular formula is C28H42O4. The predicted octanol–water partition coefficient (Wildman–Crippen LogP) is 5.21. The van der Waals surface area contributed by atoms with Gasteiger partial charge in [0.2, 0.25) is 5.60 Å². The van der Waals surface area contributed by atoms with Crippen LogP contribution in [0.15, 0.2) is 47.8 Å². The summed E-state index contributed by atoms with van der Waals surface area (Å²) < 4.78 is 5.41. The quantitative estimate of drug-likeness (QED) is 0.404. The van der Waals surface area contributed by atoms with Gasteiger partial charge in [0.1, 0.15) is 18.0 Å². The van der Waals surface area contributed by atoms with E-state index in [1.165, 1.54) is 31.3 Å². The van der Waals surface area contributed by atoms with Gasteiger partial charge in [0, 0.05) is 0 Å². The molecule has 1 spiro atoms. The number of epoxide rings is 1. The zero-order chi connectivity index (χ0) is 23.3. The van der Waals surface area contributed by atoms with Crippen LogP contribution in [0.5, 0.6) is 0 Å². The van der Waals surface area contributed by atoms with Crippen molar-refractivity contribution in [2.45, 2.75) is 102 Å². The van der Waals surface area contributed by atoms with E-state index in [-0.39, 0.29) is 0 Å². The lowest BCUT2D eigenvalue weighted by atomic mass is 9.61. The van der Waals surface area contributed by atoms with Gasteiger partial charge in [-0.1, -0.05) is 55.9 Å². The summed E-state index contributed by atoms with van der Waals surface area (Å²) in [5.41, 5.74) is 1.39. The van der Waals surface area contributed by atoms with E-state index in [1.54, 1.807) is 0 Å². The highest BCUT2D eigenvalue weighted by molar-refractivity contribution is 5.35. The monoisotopic (exact) mass is 442 g/mol. The Hall–Kier alpha value is -1.36. The molecule has 1 saturated heterocycles. The molecule has 4 aliphatic rings. The van der Waals surface area contributed by atoms with Gasteiger partial charge in [0.15, 0.2) is 0 Å². The SMILES string of the molecule is C=C1OC12[C@H](O)CC(=C/C=C1\CCCC3(C)C1CCC3[C@H](C)/C=C/CC(C)(C)O)C[C@H]2O. The van der Waals surface area contributed by atoms with E-state index in [9.17, 15) is 15.3 Å². The molecule has 0 radical (unpaired) electrons. The Morgan fingerprint density at radius 3 is 2.44 bits per heavy atom. The third kappa shape index (κ3) is 4.26. The van der Waals surface area contributed by atoms with E-state index in [4.69, 9.17) is 4.74 Å². The lowest BCUT2D eigenvalue weighted by molar-refractivity contribution is -0.0290. The minimum atomic E-state index is -0.915. The molecule has 4 fully saturated rings. The summed E-state index contributed by atoms with van der Waals surface area (Å²) in [7, 11) is 0. The van der Waals surface area contributed by atoms with Crippen molar-refractivity contribution in [2.24, 2.45) is 23.2 Å². The first-order valence-electron chi connectivity index (χ1n) is 12.5. The smallest absolute Gasteiger partial charge is 0.216 e. The van der Waals surface area contributed by atoms with Crippen LogP contribution in [-0.4, -0.2) is 38.7 Å². The van der Waals surface area contributed by atoms with Gasteiger partial charge in [-0.2, -0.15) is 0 Å². The fraction of sp³-hybridized carbons (Fsp3) is 0.714. The van der Waals surface area contributed by atoms with Crippen LogP contribution in [0.25, 0.3) is 0 Å². The largest absolute Gasteiger partial charge is 0.474 e. The number of aliphatic hydroxyl groups is 3. The molecule has 178 valence electrons. The Morgan fingerprint density at radius 2 is 1.84 bits per heavy atom. The number of ether oxygens (including phenoxy) is 1. The first-order valence-corrected chi connectivity index (χ1v) is 12.5. The molecule has 0 aromatic heterocycles. The highest BCUT2D eigenvalue weighted by Crippen LogP contribution is 2.59. The third-order valence-electron chi connectivity index (χ3n) is 8.85. The molecule has 3 unspecified atom stereocenters. The predicted molar refractivity (Wildman–Crippen MR) is 128 cm³/mol. The normalized spacial score (nSPS) is 41.8. The molecule has 3 saturated carbocycles. The van der Waals surface area contributed by atoms with Crippen molar-refractivity contribution < 1.29 is 20.1 Å². The second-order valence-electron chi connectivity index (χ2n) is 11.7. The molecule has 4 nitrogen and oxygen atoms in total. The summed E-state index contributed by atoms with van der Waals surface area (Å²) in [5, 5.41) is 31.1. The van der Waals surface area contributed by atoms with Gasteiger partial charge in [-0.25, -0.2) is 0 Å². The summed E-state index contributed by atoms with van der Waals surface area (Å²) in [6, 6.07) is 0. The van der Waals surface area contributed by atoms with Crippen LogP contribution in [0.2, 0.25) is 0 Å². The molecular weight excluding hydrogens is 400 g/mol. The molecule has 4 heteroatoms. The van der Waals surface area contributed by atoms with Gasteiger partial charge in [0.25, 0.3) is 0 Å². The molecule has 6 atom stereocenters. The van der Waals surface area contributed by atoms with Crippen molar-refractivity contribution in [2.75, 3.05) is 0 Å². The van der Waals surface area contributed by atoms with Crippen LogP contribution >= 0.6 is 0 Å². The molecule has 3 aliphatic carbocycles. The summed E-state index contributed by atoms with van der Waals surface area (Å²) in [6.07, 6.45) is 15.4. The molecule has 1 aliphatic heterocycles. The number of aliphatic hydroxyl groups excluding tert-OH is 2. The van der Waals surface area contributed by atoms with E-state index in [2.05, 4.69) is 44.7 Å². The summed E-state index contributed by atoms with van der Waals surface area (Å²) in [5.74, 6) is 2.30. The molecule has 32 heavy (non-hydrogen) atoms. The van der Waals surface area contributed by atoms with Gasteiger partial charge in [-0.05, 0) is 88.4 Å². The second kappa shape index (κ2) is 8.45. The maximum atomic E-state index is 10.5. The molecule has 0 aromatic carbocycles. The highest BCUT2D eigenvalue weighted by Gasteiger charge is 2.64. The fourth-order valence-corrected chi connectivity index (χ4v) is 7.00. The number of allylic oxidation sites excluding steroid dienone is 4. The van der Waals surface area contributed by atoms with Crippen molar-refractivity contribution in [3.63, 3.8) is 0 Å². The zero-order valence-electron chi connectivity index (χ0n) is 20.3. The maximum absolute atomic E-state index is 10.5. The molecule has 3 N–H and O–H groups in total. The van der Waals surface area contributed by atoms with Crippen LogP contribution in [0.4, 0.5) is 0 Å². The summed E-state index contributed by atoms with van der Waals surface area (Å²) in [6.45, 7) is 12.3. The molecule has 0 amide bonds.